The number of rotatable bonds is 5. The molecule has 0 spiro atoms. The van der Waals surface area contributed by atoms with Gasteiger partial charge in [-0.2, -0.15) is 0 Å². The minimum Gasteiger partial charge on any atom is -0.384 e. The summed E-state index contributed by atoms with van der Waals surface area (Å²) in [6.07, 6.45) is -0.000735. The minimum absolute atomic E-state index is 0.463. The molecule has 1 aromatic rings. The van der Waals surface area contributed by atoms with E-state index < -0.39 is 23.1 Å². The molecule has 1 aliphatic rings. The van der Waals surface area contributed by atoms with Crippen molar-refractivity contribution in [2.75, 3.05) is 0 Å². The number of carbonyl (C=O) groups is 1. The fraction of sp³-hybridized carbons (Fsp3) is 0.462. The van der Waals surface area contributed by atoms with Crippen LogP contribution in [-0.2, 0) is 17.8 Å². The Hall–Kier alpha value is -1.73. The Morgan fingerprint density at radius 3 is 2.75 bits per heavy atom. The molecule has 0 aliphatic carbocycles. The molecule has 3 atom stereocenters. The summed E-state index contributed by atoms with van der Waals surface area (Å²) in [5.74, 6) is 0. The normalized spacial score (nSPS) is 21.6. The summed E-state index contributed by atoms with van der Waals surface area (Å²) in [5.41, 5.74) is 2.13. The van der Waals surface area contributed by atoms with Crippen molar-refractivity contribution in [3.05, 3.63) is 45.5 Å². The Morgan fingerprint density at radius 1 is 1.50 bits per heavy atom. The van der Waals surface area contributed by atoms with Crippen LogP contribution >= 0.6 is 0 Å². The molecule has 7 heteroatoms. The van der Waals surface area contributed by atoms with E-state index in [1.54, 1.807) is 4.81 Å². The van der Waals surface area contributed by atoms with Crippen molar-refractivity contribution in [2.24, 2.45) is 0 Å². The van der Waals surface area contributed by atoms with Gasteiger partial charge in [0.25, 0.3) is 7.41 Å². The lowest BCUT2D eigenvalue weighted by Gasteiger charge is -2.38. The van der Waals surface area contributed by atoms with E-state index >= 15 is 0 Å². The largest absolute Gasteiger partial charge is 0.384 e. The number of nitrogens with zero attached hydrogens (tertiary/aromatic N) is 2. The third kappa shape index (κ3) is 2.89. The average molecular weight is 275 g/mol. The molecule has 1 radical (unpaired) electrons. The molecule has 0 saturated heterocycles. The van der Waals surface area contributed by atoms with E-state index in [9.17, 15) is 20.0 Å². The summed E-state index contributed by atoms with van der Waals surface area (Å²) in [4.78, 5) is 22.8. The van der Waals surface area contributed by atoms with Crippen molar-refractivity contribution in [2.45, 2.75) is 38.1 Å². The minimum atomic E-state index is -1.13. The number of nitro groups is 1. The fourth-order valence-corrected chi connectivity index (χ4v) is 2.57. The van der Waals surface area contributed by atoms with Gasteiger partial charge in [-0.1, -0.05) is 24.3 Å². The monoisotopic (exact) mass is 275 g/mol. The van der Waals surface area contributed by atoms with E-state index in [1.165, 1.54) is 14.3 Å². The zero-order chi connectivity index (χ0) is 14.7. The molecule has 0 fully saturated rings. The zero-order valence-corrected chi connectivity index (χ0v) is 11.2. The summed E-state index contributed by atoms with van der Waals surface area (Å²) in [7, 11) is 1.34. The molecular formula is C13H16BN2O4. The quantitative estimate of drug-likeness (QED) is 0.360. The predicted molar refractivity (Wildman–Crippen MR) is 74.4 cm³/mol. The number of benzene rings is 1. The van der Waals surface area contributed by atoms with Gasteiger partial charge in [0.2, 0.25) is 6.04 Å². The Labute approximate surface area is 117 Å². The van der Waals surface area contributed by atoms with Crippen LogP contribution in [0.1, 0.15) is 18.1 Å². The molecule has 105 valence electrons. The molecule has 0 aromatic heterocycles. The number of aliphatic hydroxyl groups is 1. The Bertz CT molecular complexity index is 511. The third-order valence-corrected chi connectivity index (χ3v) is 3.80. The first-order valence-electron chi connectivity index (χ1n) is 6.47. The second-order valence-corrected chi connectivity index (χ2v) is 5.01. The third-order valence-electron chi connectivity index (χ3n) is 3.80. The van der Waals surface area contributed by atoms with Gasteiger partial charge in [-0.05, 0) is 17.5 Å². The van der Waals surface area contributed by atoms with Crippen LogP contribution in [0.2, 0.25) is 0 Å². The van der Waals surface area contributed by atoms with Gasteiger partial charge < -0.3 is 14.7 Å². The highest BCUT2D eigenvalue weighted by atomic mass is 16.6. The first kappa shape index (κ1) is 14.7. The van der Waals surface area contributed by atoms with Gasteiger partial charge in [-0.3, -0.25) is 10.1 Å². The van der Waals surface area contributed by atoms with Crippen LogP contribution in [0.4, 0.5) is 0 Å². The van der Waals surface area contributed by atoms with Crippen molar-refractivity contribution in [1.82, 2.24) is 4.81 Å². The van der Waals surface area contributed by atoms with Gasteiger partial charge in [0.1, 0.15) is 6.10 Å². The van der Waals surface area contributed by atoms with E-state index in [1.807, 2.05) is 24.3 Å². The lowest BCUT2D eigenvalue weighted by atomic mass is 9.81. The molecule has 0 bridgehead atoms. The molecule has 1 N–H and O–H groups in total. The van der Waals surface area contributed by atoms with Gasteiger partial charge in [0, 0.05) is 24.4 Å². The molecule has 0 amide bonds. The number of carbonyl (C=O) groups excluding carboxylic acids is 1. The SMILES string of the molecule is CC([C@@H](O)[C@@H]1Cc2ccccc2CN1[B]C=O)[N+](=O)[O-]. The second kappa shape index (κ2) is 6.15. The number of aliphatic hydroxyl groups excluding tert-OH is 1. The highest BCUT2D eigenvalue weighted by Crippen LogP contribution is 2.25. The summed E-state index contributed by atoms with van der Waals surface area (Å²) in [6.45, 7) is 1.85. The predicted octanol–water partition coefficient (Wildman–Crippen LogP) is 0.249. The maximum Gasteiger partial charge on any atom is 0.293 e. The van der Waals surface area contributed by atoms with Crippen molar-refractivity contribution < 1.29 is 14.8 Å². The standard InChI is InChI=1S/C13H16BN2O4/c1-9(16(19)20)13(18)12-6-10-4-2-3-5-11(10)7-15(12)14-8-17/h2-5,8-9,12-13,18H,6-7H2,1H3/t9?,12-,13+/m0/s1. The van der Waals surface area contributed by atoms with Crippen LogP contribution in [0.5, 0.6) is 0 Å². The average Bonchev–Trinajstić information content (AvgIpc) is 2.45. The van der Waals surface area contributed by atoms with Crippen LogP contribution < -0.4 is 0 Å². The Kier molecular flexibility index (Phi) is 4.51. The van der Waals surface area contributed by atoms with Crippen LogP contribution in [0.15, 0.2) is 24.3 Å². The number of hydrogen-bond acceptors (Lipinski definition) is 5. The number of hydrogen-bond donors (Lipinski definition) is 1. The molecule has 1 heterocycles. The lowest BCUT2D eigenvalue weighted by molar-refractivity contribution is -0.531. The molecule has 1 aromatic carbocycles. The van der Waals surface area contributed by atoms with Gasteiger partial charge in [0.15, 0.2) is 0 Å². The maximum atomic E-state index is 10.8. The highest BCUT2D eigenvalue weighted by molar-refractivity contribution is 6.64. The lowest BCUT2D eigenvalue weighted by Crippen LogP contribution is -2.54. The zero-order valence-electron chi connectivity index (χ0n) is 11.2. The molecule has 6 nitrogen and oxygen atoms in total. The first-order chi connectivity index (χ1) is 9.54. The molecule has 0 saturated carbocycles. The van der Waals surface area contributed by atoms with Crippen LogP contribution in [0, 0.1) is 10.1 Å². The highest BCUT2D eigenvalue weighted by Gasteiger charge is 2.38. The summed E-state index contributed by atoms with van der Waals surface area (Å²) in [5, 5.41) is 21.1. The van der Waals surface area contributed by atoms with E-state index in [2.05, 4.69) is 0 Å². The van der Waals surface area contributed by atoms with Crippen LogP contribution in [0.25, 0.3) is 0 Å². The van der Waals surface area contributed by atoms with Gasteiger partial charge in [-0.15, -0.1) is 0 Å². The van der Waals surface area contributed by atoms with E-state index in [0.29, 0.717) is 19.2 Å². The first-order valence-corrected chi connectivity index (χ1v) is 6.47. The maximum absolute atomic E-state index is 10.8. The number of fused-ring (bicyclic) bond motifs is 1. The van der Waals surface area contributed by atoms with Gasteiger partial charge >= 0.3 is 0 Å². The van der Waals surface area contributed by atoms with E-state index in [0.717, 1.165) is 11.1 Å². The molecule has 2 rings (SSSR count). The second-order valence-electron chi connectivity index (χ2n) is 5.01. The topological polar surface area (TPSA) is 83.7 Å². The van der Waals surface area contributed by atoms with Crippen LogP contribution in [-0.4, -0.2) is 46.6 Å². The molecule has 20 heavy (non-hydrogen) atoms. The van der Waals surface area contributed by atoms with Crippen molar-refractivity contribution in [3.63, 3.8) is 0 Å². The van der Waals surface area contributed by atoms with Crippen molar-refractivity contribution in [3.8, 4) is 0 Å². The smallest absolute Gasteiger partial charge is 0.293 e. The van der Waals surface area contributed by atoms with Crippen molar-refractivity contribution >= 4 is 13.6 Å². The fourth-order valence-electron chi connectivity index (χ4n) is 2.57. The summed E-state index contributed by atoms with van der Waals surface area (Å²) < 4.78 is 0. The van der Waals surface area contributed by atoms with E-state index in [4.69, 9.17) is 0 Å². The molecule has 1 aliphatic heterocycles. The Morgan fingerprint density at radius 2 is 2.15 bits per heavy atom. The van der Waals surface area contributed by atoms with E-state index in [-0.39, 0.29) is 0 Å². The molecular weight excluding hydrogens is 259 g/mol. The molecule has 1 unspecified atom stereocenters. The van der Waals surface area contributed by atoms with Gasteiger partial charge in [-0.25, -0.2) is 0 Å². The summed E-state index contributed by atoms with van der Waals surface area (Å²) >= 11 is 0. The van der Waals surface area contributed by atoms with Crippen LogP contribution in [0.3, 0.4) is 0 Å². The Balaban J connectivity index is 2.25. The van der Waals surface area contributed by atoms with Crippen molar-refractivity contribution in [1.29, 1.82) is 0 Å². The summed E-state index contributed by atoms with van der Waals surface area (Å²) in [6, 6.07) is 6.18. The van der Waals surface area contributed by atoms with Gasteiger partial charge in [0.05, 0.1) is 6.19 Å².